The summed E-state index contributed by atoms with van der Waals surface area (Å²) in [6.45, 7) is 7.95. The third-order valence-electron chi connectivity index (χ3n) is 3.84. The van der Waals surface area contributed by atoms with Crippen molar-refractivity contribution < 1.29 is 27.4 Å². The Morgan fingerprint density at radius 2 is 1.92 bits per heavy atom. The van der Waals surface area contributed by atoms with Crippen molar-refractivity contribution in [1.29, 1.82) is 0 Å². The van der Waals surface area contributed by atoms with Crippen LogP contribution in [0, 0.1) is 0 Å². The van der Waals surface area contributed by atoms with Gasteiger partial charge >= 0.3 is 12.3 Å². The summed E-state index contributed by atoms with van der Waals surface area (Å²) >= 11 is 0. The van der Waals surface area contributed by atoms with Gasteiger partial charge in [0.2, 0.25) is 0 Å². The molecule has 0 saturated carbocycles. The molecule has 2 rings (SSSR count). The molecule has 0 aliphatic carbocycles. The molecule has 1 atom stereocenters. The number of carbonyl (C=O) groups excluding carboxylic acids is 1. The number of rotatable bonds is 2. The quantitative estimate of drug-likeness (QED) is 0.756. The van der Waals surface area contributed by atoms with Crippen molar-refractivity contribution in [3.05, 3.63) is 29.8 Å². The summed E-state index contributed by atoms with van der Waals surface area (Å²) in [4.78, 5) is 13.8. The molecule has 0 spiro atoms. The lowest BCUT2D eigenvalue weighted by atomic mass is 9.95. The van der Waals surface area contributed by atoms with Crippen molar-refractivity contribution in [3.8, 4) is 5.75 Å². The number of halogens is 3. The summed E-state index contributed by atoms with van der Waals surface area (Å²) in [7, 11) is 0. The van der Waals surface area contributed by atoms with E-state index < -0.39 is 29.0 Å². The molecule has 1 amide bonds. The molecule has 1 heterocycles. The minimum absolute atomic E-state index is 0.142. The van der Waals surface area contributed by atoms with Crippen LogP contribution in [0.2, 0.25) is 0 Å². The van der Waals surface area contributed by atoms with Crippen LogP contribution in [0.15, 0.2) is 24.3 Å². The molecule has 1 aliphatic heterocycles. The monoisotopic (exact) mass is 359 g/mol. The molecule has 0 N–H and O–H groups in total. The van der Waals surface area contributed by atoms with Crippen LogP contribution in [0.5, 0.6) is 5.75 Å². The van der Waals surface area contributed by atoms with Gasteiger partial charge in [0, 0.05) is 6.54 Å². The second kappa shape index (κ2) is 6.77. The SMILES string of the molecule is CC(C)(C)OC(=O)N1CCCC(C)(Oc2cccc(C(F)(F)F)c2)C1. The van der Waals surface area contributed by atoms with E-state index in [1.54, 1.807) is 32.6 Å². The molecule has 1 aromatic rings. The molecule has 1 unspecified atom stereocenters. The third kappa shape index (κ3) is 5.54. The fourth-order valence-corrected chi connectivity index (χ4v) is 2.79. The smallest absolute Gasteiger partial charge is 0.416 e. The van der Waals surface area contributed by atoms with E-state index in [0.29, 0.717) is 19.4 Å². The van der Waals surface area contributed by atoms with Crippen molar-refractivity contribution in [2.75, 3.05) is 13.1 Å². The second-order valence-electron chi connectivity index (χ2n) is 7.58. The molecule has 4 nitrogen and oxygen atoms in total. The number of hydrogen-bond acceptors (Lipinski definition) is 3. The minimum atomic E-state index is -4.42. The summed E-state index contributed by atoms with van der Waals surface area (Å²) in [5, 5.41) is 0. The first-order valence-corrected chi connectivity index (χ1v) is 8.22. The number of ether oxygens (including phenoxy) is 2. The molecule has 7 heteroatoms. The molecule has 25 heavy (non-hydrogen) atoms. The van der Waals surface area contributed by atoms with Gasteiger partial charge in [-0.2, -0.15) is 13.2 Å². The molecular weight excluding hydrogens is 335 g/mol. The summed E-state index contributed by atoms with van der Waals surface area (Å²) in [5.41, 5.74) is -2.12. The lowest BCUT2D eigenvalue weighted by Crippen LogP contribution is -2.52. The average molecular weight is 359 g/mol. The molecule has 1 fully saturated rings. The van der Waals surface area contributed by atoms with Gasteiger partial charge in [-0.15, -0.1) is 0 Å². The van der Waals surface area contributed by atoms with E-state index in [0.717, 1.165) is 12.1 Å². The van der Waals surface area contributed by atoms with Gasteiger partial charge in [-0.1, -0.05) is 6.07 Å². The van der Waals surface area contributed by atoms with Crippen LogP contribution in [-0.2, 0) is 10.9 Å². The second-order valence-corrected chi connectivity index (χ2v) is 7.58. The number of carbonyl (C=O) groups is 1. The van der Waals surface area contributed by atoms with E-state index in [-0.39, 0.29) is 12.3 Å². The van der Waals surface area contributed by atoms with Crippen LogP contribution in [-0.4, -0.2) is 35.3 Å². The number of hydrogen-bond donors (Lipinski definition) is 0. The molecule has 0 aromatic heterocycles. The number of piperidine rings is 1. The summed E-state index contributed by atoms with van der Waals surface area (Å²) in [5.74, 6) is 0.142. The third-order valence-corrected chi connectivity index (χ3v) is 3.84. The zero-order valence-corrected chi connectivity index (χ0v) is 14.9. The predicted molar refractivity (Wildman–Crippen MR) is 87.5 cm³/mol. The zero-order chi connectivity index (χ0) is 18.9. The Hall–Kier alpha value is -1.92. The first-order chi connectivity index (χ1) is 11.4. The van der Waals surface area contributed by atoms with Gasteiger partial charge in [-0.3, -0.25) is 0 Å². The van der Waals surface area contributed by atoms with Crippen LogP contribution < -0.4 is 4.74 Å². The van der Waals surface area contributed by atoms with E-state index in [1.807, 2.05) is 0 Å². The zero-order valence-electron chi connectivity index (χ0n) is 14.9. The van der Waals surface area contributed by atoms with Gasteiger partial charge in [0.05, 0.1) is 12.1 Å². The highest BCUT2D eigenvalue weighted by atomic mass is 19.4. The van der Waals surface area contributed by atoms with Crippen molar-refractivity contribution in [2.24, 2.45) is 0 Å². The lowest BCUT2D eigenvalue weighted by Gasteiger charge is -2.40. The van der Waals surface area contributed by atoms with E-state index in [1.165, 1.54) is 12.1 Å². The van der Waals surface area contributed by atoms with Gasteiger partial charge < -0.3 is 14.4 Å². The van der Waals surface area contributed by atoms with Crippen molar-refractivity contribution in [1.82, 2.24) is 4.90 Å². The average Bonchev–Trinajstić information content (AvgIpc) is 2.44. The Kier molecular flexibility index (Phi) is 5.25. The van der Waals surface area contributed by atoms with Crippen LogP contribution in [0.1, 0.15) is 46.1 Å². The molecular formula is C18H24F3NO3. The first-order valence-electron chi connectivity index (χ1n) is 8.22. The maximum absolute atomic E-state index is 12.8. The van der Waals surface area contributed by atoms with Gasteiger partial charge in [-0.05, 0) is 58.7 Å². The standard InChI is InChI=1S/C18H24F3NO3/c1-16(2,3)25-15(23)22-10-6-9-17(4,12-22)24-14-8-5-7-13(11-14)18(19,20)21/h5,7-8,11H,6,9-10,12H2,1-4H3. The van der Waals surface area contributed by atoms with Crippen LogP contribution in [0.3, 0.4) is 0 Å². The van der Waals surface area contributed by atoms with Gasteiger partial charge in [-0.25, -0.2) is 4.79 Å². The highest BCUT2D eigenvalue weighted by Crippen LogP contribution is 2.34. The van der Waals surface area contributed by atoms with Crippen LogP contribution in [0.25, 0.3) is 0 Å². The summed E-state index contributed by atoms with van der Waals surface area (Å²) in [6, 6.07) is 4.80. The van der Waals surface area contributed by atoms with Crippen molar-refractivity contribution in [2.45, 2.75) is 57.9 Å². The Balaban J connectivity index is 2.10. The fraction of sp³-hybridized carbons (Fsp3) is 0.611. The largest absolute Gasteiger partial charge is 0.486 e. The van der Waals surface area contributed by atoms with Gasteiger partial charge in [0.15, 0.2) is 0 Å². The Labute approximate surface area is 145 Å². The Morgan fingerprint density at radius 3 is 2.52 bits per heavy atom. The van der Waals surface area contributed by atoms with Crippen molar-refractivity contribution in [3.63, 3.8) is 0 Å². The summed E-state index contributed by atoms with van der Waals surface area (Å²) in [6.07, 6.45) is -3.53. The van der Waals surface area contributed by atoms with E-state index in [9.17, 15) is 18.0 Å². The number of alkyl halides is 3. The normalized spacial score (nSPS) is 21.8. The Bertz CT molecular complexity index is 625. The molecule has 140 valence electrons. The number of nitrogens with zero attached hydrogens (tertiary/aromatic N) is 1. The van der Waals surface area contributed by atoms with E-state index >= 15 is 0 Å². The number of likely N-dealkylation sites (tertiary alicyclic amines) is 1. The number of benzene rings is 1. The highest BCUT2D eigenvalue weighted by Gasteiger charge is 2.37. The highest BCUT2D eigenvalue weighted by molar-refractivity contribution is 5.68. The Morgan fingerprint density at radius 1 is 1.24 bits per heavy atom. The number of amides is 1. The van der Waals surface area contributed by atoms with Gasteiger partial charge in [0.25, 0.3) is 0 Å². The maximum atomic E-state index is 12.8. The minimum Gasteiger partial charge on any atom is -0.486 e. The van der Waals surface area contributed by atoms with E-state index in [2.05, 4.69) is 0 Å². The van der Waals surface area contributed by atoms with E-state index in [4.69, 9.17) is 9.47 Å². The molecule has 0 bridgehead atoms. The first kappa shape index (κ1) is 19.4. The lowest BCUT2D eigenvalue weighted by molar-refractivity contribution is -0.137. The topological polar surface area (TPSA) is 38.8 Å². The molecule has 1 saturated heterocycles. The summed E-state index contributed by atoms with van der Waals surface area (Å²) < 4.78 is 49.7. The van der Waals surface area contributed by atoms with Crippen LogP contribution in [0.4, 0.5) is 18.0 Å². The molecule has 1 aliphatic rings. The van der Waals surface area contributed by atoms with Crippen molar-refractivity contribution >= 4 is 6.09 Å². The molecule has 1 aromatic carbocycles. The fourth-order valence-electron chi connectivity index (χ4n) is 2.79. The maximum Gasteiger partial charge on any atom is 0.416 e. The van der Waals surface area contributed by atoms with Crippen LogP contribution >= 0.6 is 0 Å². The van der Waals surface area contributed by atoms with Gasteiger partial charge in [0.1, 0.15) is 17.0 Å². The predicted octanol–water partition coefficient (Wildman–Crippen LogP) is 4.87. The molecule has 0 radical (unpaired) electrons.